The third-order valence-electron chi connectivity index (χ3n) is 5.01. The Morgan fingerprint density at radius 2 is 2.00 bits per heavy atom. The second-order valence-corrected chi connectivity index (χ2v) is 9.81. The number of nitrogens with one attached hydrogen (secondary N) is 1. The minimum atomic E-state index is -3.16. The first-order valence-electron chi connectivity index (χ1n) is 9.45. The highest BCUT2D eigenvalue weighted by atomic mass is 79.9. The molecule has 30 heavy (non-hydrogen) atoms. The third kappa shape index (κ3) is 4.07. The predicted octanol–water partition coefficient (Wildman–Crippen LogP) is 2.11. The van der Waals surface area contributed by atoms with Gasteiger partial charge in [-0.05, 0) is 35.0 Å². The van der Waals surface area contributed by atoms with Gasteiger partial charge in [-0.25, -0.2) is 22.9 Å². The summed E-state index contributed by atoms with van der Waals surface area (Å²) in [6, 6.07) is 5.78. The molecule has 0 aliphatic carbocycles. The Morgan fingerprint density at radius 1 is 1.23 bits per heavy atom. The average Bonchev–Trinajstić information content (AvgIpc) is 3.22. The Balaban J connectivity index is 1.54. The molecule has 0 amide bonds. The minimum Gasteiger partial charge on any atom is -0.495 e. The van der Waals surface area contributed by atoms with Gasteiger partial charge in [-0.3, -0.25) is 0 Å². The van der Waals surface area contributed by atoms with E-state index in [1.54, 1.807) is 29.1 Å². The molecular weight excluding hydrogens is 474 g/mol. The topological polar surface area (TPSA) is 105 Å². The second-order valence-electron chi connectivity index (χ2n) is 6.74. The highest BCUT2D eigenvalue weighted by molar-refractivity contribution is 9.10. The lowest BCUT2D eigenvalue weighted by molar-refractivity contribution is 0.379. The number of nitrogens with zero attached hydrogens (tertiary/aromatic N) is 6. The van der Waals surface area contributed by atoms with Crippen LogP contribution in [-0.4, -0.2) is 71.3 Å². The molecule has 0 radical (unpaired) electrons. The van der Waals surface area contributed by atoms with Crippen LogP contribution in [0.1, 0.15) is 6.92 Å². The number of benzene rings is 1. The molecule has 0 bridgehead atoms. The van der Waals surface area contributed by atoms with E-state index in [2.05, 4.69) is 41.2 Å². The van der Waals surface area contributed by atoms with E-state index in [0.29, 0.717) is 48.0 Å². The molecule has 1 N–H and O–H groups in total. The van der Waals surface area contributed by atoms with Crippen molar-refractivity contribution in [1.82, 2.24) is 23.9 Å². The molecule has 1 aromatic carbocycles. The zero-order valence-corrected chi connectivity index (χ0v) is 19.0. The maximum Gasteiger partial charge on any atom is 0.213 e. The van der Waals surface area contributed by atoms with Crippen LogP contribution in [0.4, 0.5) is 17.2 Å². The van der Waals surface area contributed by atoms with Gasteiger partial charge in [-0.15, -0.1) is 0 Å². The van der Waals surface area contributed by atoms with Crippen LogP contribution < -0.4 is 15.0 Å². The van der Waals surface area contributed by atoms with Crippen LogP contribution in [0, 0.1) is 0 Å². The van der Waals surface area contributed by atoms with E-state index < -0.39 is 10.0 Å². The lowest BCUT2D eigenvalue weighted by atomic mass is 10.2. The molecule has 1 aliphatic heterocycles. The van der Waals surface area contributed by atoms with Crippen molar-refractivity contribution in [2.75, 3.05) is 49.3 Å². The van der Waals surface area contributed by atoms with E-state index >= 15 is 0 Å². The zero-order chi connectivity index (χ0) is 21.3. The van der Waals surface area contributed by atoms with Crippen LogP contribution in [0.15, 0.2) is 35.3 Å². The monoisotopic (exact) mass is 495 g/mol. The predicted molar refractivity (Wildman–Crippen MR) is 118 cm³/mol. The van der Waals surface area contributed by atoms with Crippen LogP contribution in [0.5, 0.6) is 5.75 Å². The van der Waals surface area contributed by atoms with Crippen molar-refractivity contribution in [2.45, 2.75) is 6.92 Å². The first-order valence-corrected chi connectivity index (χ1v) is 11.8. The number of ether oxygens (including phenoxy) is 1. The van der Waals surface area contributed by atoms with E-state index in [-0.39, 0.29) is 5.75 Å². The summed E-state index contributed by atoms with van der Waals surface area (Å²) < 4.78 is 33.6. The van der Waals surface area contributed by atoms with Crippen molar-refractivity contribution in [3.8, 4) is 5.75 Å². The quantitative estimate of drug-likeness (QED) is 0.554. The summed E-state index contributed by atoms with van der Waals surface area (Å²) in [6.45, 7) is 3.81. The average molecular weight is 496 g/mol. The third-order valence-corrected chi connectivity index (χ3v) is 7.28. The summed E-state index contributed by atoms with van der Waals surface area (Å²) in [4.78, 5) is 10.8. The maximum absolute atomic E-state index is 12.1. The maximum atomic E-state index is 12.1. The number of piperazine rings is 1. The van der Waals surface area contributed by atoms with Gasteiger partial charge in [-0.2, -0.15) is 9.40 Å². The Bertz CT molecular complexity index is 1160. The number of sulfonamides is 1. The molecule has 10 nitrogen and oxygen atoms in total. The van der Waals surface area contributed by atoms with Crippen molar-refractivity contribution < 1.29 is 13.2 Å². The van der Waals surface area contributed by atoms with Crippen LogP contribution in [0.3, 0.4) is 0 Å². The Hall–Kier alpha value is -2.44. The van der Waals surface area contributed by atoms with Crippen LogP contribution in [0.2, 0.25) is 0 Å². The molecule has 2 aromatic heterocycles. The largest absolute Gasteiger partial charge is 0.495 e. The fourth-order valence-electron chi connectivity index (χ4n) is 3.43. The van der Waals surface area contributed by atoms with Gasteiger partial charge in [0.1, 0.15) is 16.7 Å². The number of anilines is 3. The fraction of sp³-hybridized carbons (Fsp3) is 0.389. The zero-order valence-electron chi connectivity index (χ0n) is 16.6. The number of methoxy groups -OCH3 is 1. The summed E-state index contributed by atoms with van der Waals surface area (Å²) in [5.41, 5.74) is 2.32. The smallest absolute Gasteiger partial charge is 0.213 e. The van der Waals surface area contributed by atoms with E-state index in [0.717, 1.165) is 11.4 Å². The van der Waals surface area contributed by atoms with Crippen molar-refractivity contribution >= 4 is 48.8 Å². The molecule has 3 aromatic rings. The number of fused-ring (bicyclic) bond motifs is 1. The minimum absolute atomic E-state index is 0.125. The van der Waals surface area contributed by atoms with Gasteiger partial charge in [0.25, 0.3) is 0 Å². The number of aromatic nitrogens is 4. The molecule has 0 saturated carbocycles. The van der Waals surface area contributed by atoms with Crippen LogP contribution in [-0.2, 0) is 10.0 Å². The van der Waals surface area contributed by atoms with Crippen molar-refractivity contribution in [1.29, 1.82) is 0 Å². The summed E-state index contributed by atoms with van der Waals surface area (Å²) in [7, 11) is -1.54. The Labute approximate surface area is 183 Å². The fourth-order valence-corrected chi connectivity index (χ4v) is 4.88. The van der Waals surface area contributed by atoms with E-state index in [1.807, 2.05) is 18.2 Å². The number of hydrogen-bond acceptors (Lipinski definition) is 8. The summed E-state index contributed by atoms with van der Waals surface area (Å²) in [5.74, 6) is 1.38. The molecular formula is C18H22BrN7O3S. The first-order chi connectivity index (χ1) is 14.4. The first kappa shape index (κ1) is 20.8. The van der Waals surface area contributed by atoms with Crippen molar-refractivity contribution in [2.24, 2.45) is 0 Å². The summed E-state index contributed by atoms with van der Waals surface area (Å²) in [6.07, 6.45) is 3.20. The molecule has 4 rings (SSSR count). The van der Waals surface area contributed by atoms with Crippen molar-refractivity contribution in [3.05, 3.63) is 35.3 Å². The summed E-state index contributed by atoms with van der Waals surface area (Å²) >= 11 is 3.38. The Morgan fingerprint density at radius 3 is 2.70 bits per heavy atom. The van der Waals surface area contributed by atoms with Gasteiger partial charge >= 0.3 is 0 Å². The highest BCUT2D eigenvalue weighted by Gasteiger charge is 2.26. The lowest BCUT2D eigenvalue weighted by Crippen LogP contribution is -2.49. The highest BCUT2D eigenvalue weighted by Crippen LogP contribution is 2.33. The molecule has 1 saturated heterocycles. The molecule has 160 valence electrons. The van der Waals surface area contributed by atoms with Gasteiger partial charge in [0.05, 0.1) is 24.7 Å². The van der Waals surface area contributed by atoms with Gasteiger partial charge in [0, 0.05) is 37.9 Å². The molecule has 0 spiro atoms. The van der Waals surface area contributed by atoms with Crippen LogP contribution in [0.25, 0.3) is 5.65 Å². The normalized spacial score (nSPS) is 15.5. The van der Waals surface area contributed by atoms with Gasteiger partial charge < -0.3 is 15.0 Å². The SMILES string of the molecule is CCS(=O)(=O)N1CCN(c2ccc(Nc3nc(Br)cn4ncnc34)cc2OC)CC1. The second kappa shape index (κ2) is 8.36. The van der Waals surface area contributed by atoms with Gasteiger partial charge in [-0.1, -0.05) is 0 Å². The van der Waals surface area contributed by atoms with E-state index in [4.69, 9.17) is 4.74 Å². The molecule has 1 fully saturated rings. The molecule has 0 unspecified atom stereocenters. The van der Waals surface area contributed by atoms with Gasteiger partial charge in [0.2, 0.25) is 10.0 Å². The molecule has 0 atom stereocenters. The lowest BCUT2D eigenvalue weighted by Gasteiger charge is -2.35. The molecule has 12 heteroatoms. The standard InChI is InChI=1S/C18H22BrN7O3S/c1-3-30(27,28)25-8-6-24(7-9-25)14-5-4-13(10-15(14)29-2)22-17-18-20-12-21-26(18)11-16(19)23-17/h4-5,10-12H,3,6-9H2,1-2H3,(H,22,23). The van der Waals surface area contributed by atoms with E-state index in [9.17, 15) is 8.42 Å². The van der Waals surface area contributed by atoms with Gasteiger partial charge in [0.15, 0.2) is 11.5 Å². The molecule has 3 heterocycles. The number of halogens is 1. The van der Waals surface area contributed by atoms with Crippen molar-refractivity contribution in [3.63, 3.8) is 0 Å². The number of rotatable bonds is 6. The van der Waals surface area contributed by atoms with E-state index in [1.165, 1.54) is 6.33 Å². The molecule has 1 aliphatic rings. The Kier molecular flexibility index (Phi) is 5.80. The number of hydrogen-bond donors (Lipinski definition) is 1. The summed E-state index contributed by atoms with van der Waals surface area (Å²) in [5, 5.41) is 7.40. The van der Waals surface area contributed by atoms with Crippen LogP contribution >= 0.6 is 15.9 Å².